The van der Waals surface area contributed by atoms with Crippen molar-refractivity contribution in [3.63, 3.8) is 0 Å². The maximum Gasteiger partial charge on any atom is 0.253 e. The molecule has 0 bridgehead atoms. The minimum atomic E-state index is -3.35. The van der Waals surface area contributed by atoms with Gasteiger partial charge in [-0.1, -0.05) is 50.2 Å². The van der Waals surface area contributed by atoms with Crippen LogP contribution in [0.3, 0.4) is 0 Å². The van der Waals surface area contributed by atoms with Crippen molar-refractivity contribution in [2.75, 3.05) is 26.4 Å². The third-order valence-electron chi connectivity index (χ3n) is 5.78. The Morgan fingerprint density at radius 2 is 1.66 bits per heavy atom. The summed E-state index contributed by atoms with van der Waals surface area (Å²) in [4.78, 5) is 17.5. The summed E-state index contributed by atoms with van der Waals surface area (Å²) < 4.78 is 23.7. The highest BCUT2D eigenvalue weighted by atomic mass is 32.2. The first-order chi connectivity index (χ1) is 13.7. The first-order valence-electron chi connectivity index (χ1n) is 10.0. The van der Waals surface area contributed by atoms with Crippen molar-refractivity contribution in [1.82, 2.24) is 9.80 Å². The summed E-state index contributed by atoms with van der Waals surface area (Å²) in [5.41, 5.74) is 1.72. The van der Waals surface area contributed by atoms with E-state index in [0.717, 1.165) is 25.9 Å². The largest absolute Gasteiger partial charge is 0.338 e. The summed E-state index contributed by atoms with van der Waals surface area (Å²) in [6.07, 6.45) is 1.16. The van der Waals surface area contributed by atoms with E-state index in [1.165, 1.54) is 17.7 Å². The molecule has 3 rings (SSSR count). The number of hydrogen-bond donors (Lipinski definition) is 0. The van der Waals surface area contributed by atoms with Crippen molar-refractivity contribution < 1.29 is 13.2 Å². The second-order valence-electron chi connectivity index (χ2n) is 8.34. The van der Waals surface area contributed by atoms with E-state index in [4.69, 9.17) is 0 Å². The number of amides is 1. The number of carbonyl (C=O) groups is 1. The lowest BCUT2D eigenvalue weighted by molar-refractivity contribution is 0.0271. The molecule has 0 radical (unpaired) electrons. The van der Waals surface area contributed by atoms with Crippen LogP contribution in [0.2, 0.25) is 0 Å². The van der Waals surface area contributed by atoms with Crippen LogP contribution in [-0.2, 0) is 16.4 Å². The molecule has 0 aliphatic carbocycles. The lowest BCUT2D eigenvalue weighted by Gasteiger charge is -2.45. The van der Waals surface area contributed by atoms with Crippen molar-refractivity contribution in [2.45, 2.75) is 31.3 Å². The fraction of sp³-hybridized carbons (Fsp3) is 0.435. The SMILES string of the molecule is CC1CN(Cc2ccccc2)CC(C)C1N(C)C(=O)c1cccc(S(C)(=O)=O)c1. The van der Waals surface area contributed by atoms with E-state index >= 15 is 0 Å². The molecule has 2 aromatic carbocycles. The predicted molar refractivity (Wildman–Crippen MR) is 115 cm³/mol. The molecule has 0 saturated carbocycles. The highest BCUT2D eigenvalue weighted by Gasteiger charge is 2.36. The minimum Gasteiger partial charge on any atom is -0.338 e. The molecule has 0 spiro atoms. The van der Waals surface area contributed by atoms with Crippen LogP contribution in [0.1, 0.15) is 29.8 Å². The van der Waals surface area contributed by atoms with Gasteiger partial charge in [0, 0.05) is 44.5 Å². The van der Waals surface area contributed by atoms with Crippen molar-refractivity contribution in [2.24, 2.45) is 11.8 Å². The summed E-state index contributed by atoms with van der Waals surface area (Å²) in [6, 6.07) is 16.9. The monoisotopic (exact) mass is 414 g/mol. The number of hydrogen-bond acceptors (Lipinski definition) is 4. The van der Waals surface area contributed by atoms with Crippen LogP contribution in [0.4, 0.5) is 0 Å². The number of nitrogens with zero attached hydrogens (tertiary/aromatic N) is 2. The first-order valence-corrected chi connectivity index (χ1v) is 11.9. The fourth-order valence-corrected chi connectivity index (χ4v) is 5.27. The van der Waals surface area contributed by atoms with E-state index < -0.39 is 9.84 Å². The van der Waals surface area contributed by atoms with E-state index in [1.54, 1.807) is 17.0 Å². The number of carbonyl (C=O) groups excluding carboxylic acids is 1. The topological polar surface area (TPSA) is 57.7 Å². The average Bonchev–Trinajstić information content (AvgIpc) is 2.67. The summed E-state index contributed by atoms with van der Waals surface area (Å²) in [7, 11) is -1.51. The lowest BCUT2D eigenvalue weighted by atomic mass is 9.84. The molecular weight excluding hydrogens is 384 g/mol. The Balaban J connectivity index is 1.72. The molecule has 2 atom stereocenters. The van der Waals surface area contributed by atoms with Crippen molar-refractivity contribution >= 4 is 15.7 Å². The molecule has 2 aromatic rings. The van der Waals surface area contributed by atoms with Gasteiger partial charge in [-0.3, -0.25) is 9.69 Å². The van der Waals surface area contributed by atoms with Gasteiger partial charge in [-0.05, 0) is 35.6 Å². The van der Waals surface area contributed by atoms with Gasteiger partial charge in [0.1, 0.15) is 0 Å². The molecule has 0 N–H and O–H groups in total. The molecule has 5 nitrogen and oxygen atoms in total. The van der Waals surface area contributed by atoms with Crippen LogP contribution >= 0.6 is 0 Å². The van der Waals surface area contributed by atoms with Gasteiger partial charge < -0.3 is 4.90 Å². The molecule has 0 aromatic heterocycles. The molecule has 1 heterocycles. The minimum absolute atomic E-state index is 0.108. The second-order valence-corrected chi connectivity index (χ2v) is 10.4. The number of benzene rings is 2. The van der Waals surface area contributed by atoms with Crippen LogP contribution in [-0.4, -0.2) is 56.6 Å². The Morgan fingerprint density at radius 1 is 1.03 bits per heavy atom. The smallest absolute Gasteiger partial charge is 0.253 e. The van der Waals surface area contributed by atoms with Gasteiger partial charge in [0.15, 0.2) is 9.84 Å². The van der Waals surface area contributed by atoms with Gasteiger partial charge in [0.05, 0.1) is 4.90 Å². The van der Waals surface area contributed by atoms with Crippen LogP contribution in [0.25, 0.3) is 0 Å². The number of sulfone groups is 1. The van der Waals surface area contributed by atoms with Gasteiger partial charge in [-0.15, -0.1) is 0 Å². The lowest BCUT2D eigenvalue weighted by Crippen LogP contribution is -2.55. The molecule has 1 saturated heterocycles. The zero-order valence-electron chi connectivity index (χ0n) is 17.6. The maximum absolute atomic E-state index is 13.1. The fourth-order valence-electron chi connectivity index (χ4n) is 4.60. The van der Waals surface area contributed by atoms with Gasteiger partial charge >= 0.3 is 0 Å². The molecule has 1 fully saturated rings. The molecule has 6 heteroatoms. The van der Waals surface area contributed by atoms with Crippen LogP contribution in [0.15, 0.2) is 59.5 Å². The second kappa shape index (κ2) is 8.67. The molecular formula is C23H30N2O3S. The van der Waals surface area contributed by atoms with Gasteiger partial charge in [0.25, 0.3) is 5.91 Å². The van der Waals surface area contributed by atoms with Gasteiger partial charge in [-0.2, -0.15) is 0 Å². The van der Waals surface area contributed by atoms with E-state index in [0.29, 0.717) is 17.4 Å². The van der Waals surface area contributed by atoms with E-state index in [2.05, 4.69) is 43.0 Å². The van der Waals surface area contributed by atoms with Crippen LogP contribution < -0.4 is 0 Å². The zero-order valence-corrected chi connectivity index (χ0v) is 18.4. The summed E-state index contributed by atoms with van der Waals surface area (Å²) in [5, 5.41) is 0. The molecule has 1 aliphatic heterocycles. The van der Waals surface area contributed by atoms with Gasteiger partial charge in [-0.25, -0.2) is 8.42 Å². The number of piperidine rings is 1. The third-order valence-corrected chi connectivity index (χ3v) is 6.89. The van der Waals surface area contributed by atoms with E-state index in [9.17, 15) is 13.2 Å². The van der Waals surface area contributed by atoms with Crippen LogP contribution in [0.5, 0.6) is 0 Å². The number of rotatable bonds is 5. The Morgan fingerprint density at radius 3 is 2.24 bits per heavy atom. The van der Waals surface area contributed by atoms with Crippen molar-refractivity contribution in [3.05, 3.63) is 65.7 Å². The van der Waals surface area contributed by atoms with Crippen molar-refractivity contribution in [3.8, 4) is 0 Å². The Bertz CT molecular complexity index is 947. The summed E-state index contributed by atoms with van der Waals surface area (Å²) in [5.74, 6) is 0.500. The standard InChI is InChI=1S/C23H30N2O3S/c1-17-14-25(16-19-9-6-5-7-10-19)15-18(2)22(17)24(3)23(26)20-11-8-12-21(13-20)29(4,27)28/h5-13,17-18,22H,14-16H2,1-4H3. The molecule has 156 valence electrons. The predicted octanol–water partition coefficient (Wildman–Crippen LogP) is 3.32. The van der Waals surface area contributed by atoms with Crippen molar-refractivity contribution in [1.29, 1.82) is 0 Å². The van der Waals surface area contributed by atoms with E-state index in [1.807, 2.05) is 13.1 Å². The quantitative estimate of drug-likeness (QED) is 0.753. The maximum atomic E-state index is 13.1. The summed E-state index contributed by atoms with van der Waals surface area (Å²) >= 11 is 0. The molecule has 1 amide bonds. The first kappa shape index (κ1) is 21.5. The highest BCUT2D eigenvalue weighted by Crippen LogP contribution is 2.28. The average molecular weight is 415 g/mol. The Hall–Kier alpha value is -2.18. The molecule has 2 unspecified atom stereocenters. The third kappa shape index (κ3) is 5.06. The number of likely N-dealkylation sites (tertiary alicyclic amines) is 1. The van der Waals surface area contributed by atoms with Gasteiger partial charge in [0.2, 0.25) is 0 Å². The molecule has 1 aliphatic rings. The zero-order chi connectivity index (χ0) is 21.2. The normalized spacial score (nSPS) is 23.0. The summed E-state index contributed by atoms with van der Waals surface area (Å²) in [6.45, 7) is 7.14. The molecule has 29 heavy (non-hydrogen) atoms. The Labute approximate surface area is 174 Å². The van der Waals surface area contributed by atoms with Crippen LogP contribution in [0, 0.1) is 11.8 Å². The Kier molecular flexibility index (Phi) is 6.44. The highest BCUT2D eigenvalue weighted by molar-refractivity contribution is 7.90. The van der Waals surface area contributed by atoms with E-state index in [-0.39, 0.29) is 16.8 Å².